The van der Waals surface area contributed by atoms with Crippen molar-refractivity contribution >= 4 is 46.1 Å². The lowest BCUT2D eigenvalue weighted by atomic mass is 10.2. The van der Waals surface area contributed by atoms with Gasteiger partial charge < -0.3 is 4.74 Å². The molecule has 0 bridgehead atoms. The predicted molar refractivity (Wildman–Crippen MR) is 111 cm³/mol. The van der Waals surface area contributed by atoms with Gasteiger partial charge in [0.2, 0.25) is 0 Å². The summed E-state index contributed by atoms with van der Waals surface area (Å²) in [5, 5.41) is 1.06. The number of imidazole rings is 1. The highest BCUT2D eigenvalue weighted by atomic mass is 35.5. The molecule has 7 heteroatoms. The van der Waals surface area contributed by atoms with Gasteiger partial charge in [-0.2, -0.15) is 0 Å². The smallest absolute Gasteiger partial charge is 0.338 e. The van der Waals surface area contributed by atoms with Crippen molar-refractivity contribution in [1.82, 2.24) is 9.55 Å². The number of ether oxygens (including phenoxy) is 1. The van der Waals surface area contributed by atoms with Gasteiger partial charge in [0.1, 0.15) is 6.61 Å². The third kappa shape index (κ3) is 4.01. The molecule has 0 aliphatic rings. The molecule has 0 fully saturated rings. The summed E-state index contributed by atoms with van der Waals surface area (Å²) in [5.74, 6) is -0.486. The van der Waals surface area contributed by atoms with Crippen LogP contribution in [0.3, 0.4) is 0 Å². The van der Waals surface area contributed by atoms with Crippen LogP contribution in [0.1, 0.15) is 26.5 Å². The van der Waals surface area contributed by atoms with Crippen molar-refractivity contribution in [1.29, 1.82) is 0 Å². The summed E-state index contributed by atoms with van der Waals surface area (Å²) in [5.41, 5.74) is 2.07. The van der Waals surface area contributed by atoms with Crippen molar-refractivity contribution in [2.24, 2.45) is 0 Å². The first-order valence-corrected chi connectivity index (χ1v) is 9.48. The second kappa shape index (κ2) is 8.07. The molecule has 0 spiro atoms. The summed E-state index contributed by atoms with van der Waals surface area (Å²) in [6.45, 7) is -0.157. The van der Waals surface area contributed by atoms with Gasteiger partial charge in [0.05, 0.1) is 16.6 Å². The molecule has 1 heterocycles. The van der Waals surface area contributed by atoms with E-state index in [2.05, 4.69) is 4.98 Å². The minimum Gasteiger partial charge on any atom is -0.454 e. The van der Waals surface area contributed by atoms with E-state index in [9.17, 15) is 9.59 Å². The van der Waals surface area contributed by atoms with Crippen LogP contribution in [0.25, 0.3) is 11.0 Å². The molecular formula is C22H14Cl2N2O3. The second-order valence-corrected chi connectivity index (χ2v) is 7.12. The number of fused-ring (bicyclic) bond motifs is 1. The summed E-state index contributed by atoms with van der Waals surface area (Å²) >= 11 is 11.8. The number of halogens is 2. The predicted octanol–water partition coefficient (Wildman–Crippen LogP) is 5.39. The van der Waals surface area contributed by atoms with Gasteiger partial charge in [-0.1, -0.05) is 35.3 Å². The Morgan fingerprint density at radius 1 is 0.828 bits per heavy atom. The highest BCUT2D eigenvalue weighted by Gasteiger charge is 2.19. The summed E-state index contributed by atoms with van der Waals surface area (Å²) in [4.78, 5) is 29.9. The van der Waals surface area contributed by atoms with Gasteiger partial charge in [0.25, 0.3) is 5.91 Å². The molecule has 0 amide bonds. The fourth-order valence-electron chi connectivity index (χ4n) is 2.92. The van der Waals surface area contributed by atoms with Crippen LogP contribution in [0.4, 0.5) is 0 Å². The maximum absolute atomic E-state index is 13.1. The molecule has 1 aromatic heterocycles. The van der Waals surface area contributed by atoms with E-state index in [1.165, 1.54) is 4.57 Å². The molecule has 3 aromatic carbocycles. The molecular weight excluding hydrogens is 411 g/mol. The molecule has 0 atom stereocenters. The fourth-order valence-corrected chi connectivity index (χ4v) is 3.17. The number of hydrogen-bond acceptors (Lipinski definition) is 4. The molecule has 0 saturated heterocycles. The number of carbonyl (C=O) groups is 2. The number of carbonyl (C=O) groups excluding carboxylic acids is 2. The SMILES string of the molecule is O=C(OCc1nc2ccccc2n1C(=O)c1ccc(Cl)cc1)c1ccc(Cl)cc1. The molecule has 0 N–H and O–H groups in total. The maximum atomic E-state index is 13.1. The number of para-hydroxylation sites is 2. The van der Waals surface area contributed by atoms with E-state index in [-0.39, 0.29) is 12.5 Å². The van der Waals surface area contributed by atoms with E-state index in [0.717, 1.165) is 0 Å². The Kier molecular flexibility index (Phi) is 5.34. The van der Waals surface area contributed by atoms with Crippen LogP contribution < -0.4 is 0 Å². The van der Waals surface area contributed by atoms with E-state index in [4.69, 9.17) is 27.9 Å². The highest BCUT2D eigenvalue weighted by Crippen LogP contribution is 2.20. The van der Waals surface area contributed by atoms with E-state index < -0.39 is 5.97 Å². The van der Waals surface area contributed by atoms with Gasteiger partial charge in [-0.3, -0.25) is 9.36 Å². The Balaban J connectivity index is 1.66. The Morgan fingerprint density at radius 3 is 2.07 bits per heavy atom. The first-order valence-electron chi connectivity index (χ1n) is 8.72. The van der Waals surface area contributed by atoms with E-state index in [1.807, 2.05) is 12.1 Å². The van der Waals surface area contributed by atoms with Crippen LogP contribution in [0.5, 0.6) is 0 Å². The van der Waals surface area contributed by atoms with Crippen molar-refractivity contribution in [2.75, 3.05) is 0 Å². The van der Waals surface area contributed by atoms with Gasteiger partial charge in [-0.15, -0.1) is 0 Å². The van der Waals surface area contributed by atoms with Crippen molar-refractivity contribution in [3.8, 4) is 0 Å². The third-order valence-electron chi connectivity index (χ3n) is 4.34. The Bertz CT molecular complexity index is 1200. The van der Waals surface area contributed by atoms with Gasteiger partial charge in [0.15, 0.2) is 5.82 Å². The quantitative estimate of drug-likeness (QED) is 0.412. The Labute approximate surface area is 176 Å². The summed E-state index contributed by atoms with van der Waals surface area (Å²) < 4.78 is 6.84. The Morgan fingerprint density at radius 2 is 1.41 bits per heavy atom. The van der Waals surface area contributed by atoms with Crippen molar-refractivity contribution in [3.05, 3.63) is 99.8 Å². The van der Waals surface area contributed by atoms with Crippen molar-refractivity contribution < 1.29 is 14.3 Å². The average molecular weight is 425 g/mol. The fraction of sp³-hybridized carbons (Fsp3) is 0.0455. The van der Waals surface area contributed by atoms with Crippen LogP contribution in [0.2, 0.25) is 10.0 Å². The molecule has 29 heavy (non-hydrogen) atoms. The van der Waals surface area contributed by atoms with E-state index in [1.54, 1.807) is 60.7 Å². The molecule has 4 rings (SSSR count). The molecule has 0 unspecified atom stereocenters. The number of rotatable bonds is 4. The minimum atomic E-state index is -0.529. The van der Waals surface area contributed by atoms with Gasteiger partial charge in [-0.25, -0.2) is 9.78 Å². The van der Waals surface area contributed by atoms with Crippen molar-refractivity contribution in [2.45, 2.75) is 6.61 Å². The van der Waals surface area contributed by atoms with E-state index in [0.29, 0.717) is 38.0 Å². The average Bonchev–Trinajstić information content (AvgIpc) is 3.11. The Hall–Kier alpha value is -3.15. The van der Waals surface area contributed by atoms with Crippen LogP contribution in [-0.4, -0.2) is 21.4 Å². The van der Waals surface area contributed by atoms with Crippen LogP contribution in [0, 0.1) is 0 Å². The van der Waals surface area contributed by atoms with Gasteiger partial charge in [0, 0.05) is 15.6 Å². The zero-order valence-electron chi connectivity index (χ0n) is 15.0. The minimum absolute atomic E-state index is 0.157. The second-order valence-electron chi connectivity index (χ2n) is 6.25. The van der Waals surface area contributed by atoms with Crippen LogP contribution >= 0.6 is 23.2 Å². The largest absolute Gasteiger partial charge is 0.454 e. The molecule has 5 nitrogen and oxygen atoms in total. The summed E-state index contributed by atoms with van der Waals surface area (Å²) in [7, 11) is 0. The lowest BCUT2D eigenvalue weighted by Crippen LogP contribution is -2.17. The van der Waals surface area contributed by atoms with Gasteiger partial charge >= 0.3 is 5.97 Å². The van der Waals surface area contributed by atoms with Crippen LogP contribution in [0.15, 0.2) is 72.8 Å². The normalized spacial score (nSPS) is 10.8. The molecule has 0 saturated carbocycles. The summed E-state index contributed by atoms with van der Waals surface area (Å²) in [6, 6.07) is 20.2. The standard InChI is InChI=1S/C22H14Cl2N2O3/c23-16-9-5-14(6-10-16)21(27)26-19-4-2-1-3-18(19)25-20(26)13-29-22(28)15-7-11-17(24)12-8-15/h1-12H,13H2. The number of benzene rings is 3. The monoisotopic (exact) mass is 424 g/mol. The first-order chi connectivity index (χ1) is 14.0. The zero-order valence-corrected chi connectivity index (χ0v) is 16.5. The van der Waals surface area contributed by atoms with Crippen molar-refractivity contribution in [3.63, 3.8) is 0 Å². The molecule has 0 aliphatic carbocycles. The topological polar surface area (TPSA) is 61.2 Å². The number of nitrogens with zero attached hydrogens (tertiary/aromatic N) is 2. The van der Waals surface area contributed by atoms with Crippen LogP contribution in [-0.2, 0) is 11.3 Å². The molecule has 144 valence electrons. The summed E-state index contributed by atoms with van der Waals surface area (Å²) in [6.07, 6.45) is 0. The third-order valence-corrected chi connectivity index (χ3v) is 4.84. The number of hydrogen-bond donors (Lipinski definition) is 0. The lowest BCUT2D eigenvalue weighted by molar-refractivity contribution is 0.0456. The maximum Gasteiger partial charge on any atom is 0.338 e. The number of esters is 1. The molecule has 0 aliphatic heterocycles. The lowest BCUT2D eigenvalue weighted by Gasteiger charge is -2.09. The molecule has 4 aromatic rings. The highest BCUT2D eigenvalue weighted by molar-refractivity contribution is 6.31. The number of aromatic nitrogens is 2. The van der Waals surface area contributed by atoms with Gasteiger partial charge in [-0.05, 0) is 60.7 Å². The molecule has 0 radical (unpaired) electrons. The van der Waals surface area contributed by atoms with E-state index >= 15 is 0 Å². The zero-order chi connectivity index (χ0) is 20.4. The first kappa shape index (κ1) is 19.2.